The number of benzene rings is 1. The van der Waals surface area contributed by atoms with Crippen LogP contribution in [0, 0.1) is 0 Å². The van der Waals surface area contributed by atoms with Crippen molar-refractivity contribution in [3.8, 4) is 0 Å². The Bertz CT molecular complexity index is 433. The van der Waals surface area contributed by atoms with E-state index in [1.807, 2.05) is 30.3 Å². The number of aryl methyl sites for hydroxylation is 1. The van der Waals surface area contributed by atoms with E-state index in [0.29, 0.717) is 6.42 Å². The number of methoxy groups -OCH3 is 1. The summed E-state index contributed by atoms with van der Waals surface area (Å²) < 4.78 is 30.8. The molecule has 5 nitrogen and oxygen atoms in total. The molecule has 0 saturated carbocycles. The van der Waals surface area contributed by atoms with Gasteiger partial charge in [-0.1, -0.05) is 30.3 Å². The van der Waals surface area contributed by atoms with E-state index in [-0.39, 0.29) is 19.0 Å². The summed E-state index contributed by atoms with van der Waals surface area (Å²) in [5.41, 5.74) is 0.968. The Kier molecular flexibility index (Phi) is 6.28. The van der Waals surface area contributed by atoms with Gasteiger partial charge in [-0.15, -0.1) is 0 Å². The van der Waals surface area contributed by atoms with Gasteiger partial charge in [0.2, 0.25) is 10.0 Å². The van der Waals surface area contributed by atoms with Gasteiger partial charge in [-0.3, -0.25) is 0 Å². The van der Waals surface area contributed by atoms with Crippen molar-refractivity contribution in [1.29, 1.82) is 0 Å². The van der Waals surface area contributed by atoms with Gasteiger partial charge >= 0.3 is 0 Å². The van der Waals surface area contributed by atoms with Crippen LogP contribution in [0.25, 0.3) is 0 Å². The Labute approximate surface area is 108 Å². The predicted octanol–water partition coefficient (Wildman–Crippen LogP) is 0.156. The minimum Gasteiger partial charge on any atom is -0.395 e. The van der Waals surface area contributed by atoms with Crippen molar-refractivity contribution in [1.82, 2.24) is 4.72 Å². The van der Waals surface area contributed by atoms with Crippen LogP contribution in [0.4, 0.5) is 0 Å². The second kappa shape index (κ2) is 7.48. The summed E-state index contributed by atoms with van der Waals surface area (Å²) in [5.74, 6) is -0.00275. The normalized spacial score (nSPS) is 13.4. The van der Waals surface area contributed by atoms with E-state index in [0.717, 1.165) is 5.56 Å². The van der Waals surface area contributed by atoms with E-state index in [9.17, 15) is 8.42 Å². The molecule has 1 aromatic carbocycles. The minimum absolute atomic E-state index is 0.00275. The van der Waals surface area contributed by atoms with Crippen molar-refractivity contribution in [3.63, 3.8) is 0 Å². The predicted molar refractivity (Wildman–Crippen MR) is 69.8 cm³/mol. The van der Waals surface area contributed by atoms with Gasteiger partial charge in [0, 0.05) is 7.11 Å². The summed E-state index contributed by atoms with van der Waals surface area (Å²) in [6, 6.07) is 8.81. The summed E-state index contributed by atoms with van der Waals surface area (Å²) in [7, 11) is -1.94. The average Bonchev–Trinajstić information content (AvgIpc) is 2.37. The highest BCUT2D eigenvalue weighted by molar-refractivity contribution is 7.89. The molecule has 1 unspecified atom stereocenters. The maximum absolute atomic E-state index is 11.8. The molecule has 0 heterocycles. The SMILES string of the molecule is COCC(CO)NS(=O)(=O)CCc1ccccc1. The first-order chi connectivity index (χ1) is 8.57. The summed E-state index contributed by atoms with van der Waals surface area (Å²) in [6.45, 7) is -0.126. The number of rotatable bonds is 8. The van der Waals surface area contributed by atoms with Gasteiger partial charge in [0.05, 0.1) is 25.0 Å². The third-order valence-corrected chi connectivity index (χ3v) is 3.87. The molecule has 6 heteroatoms. The summed E-state index contributed by atoms with van der Waals surface area (Å²) in [6.07, 6.45) is 0.446. The van der Waals surface area contributed by atoms with Crippen molar-refractivity contribution in [2.75, 3.05) is 26.1 Å². The highest BCUT2D eigenvalue weighted by Crippen LogP contribution is 2.02. The van der Waals surface area contributed by atoms with Gasteiger partial charge in [-0.2, -0.15) is 0 Å². The van der Waals surface area contributed by atoms with Crippen LogP contribution >= 0.6 is 0 Å². The molecule has 18 heavy (non-hydrogen) atoms. The first-order valence-electron chi connectivity index (χ1n) is 5.71. The van der Waals surface area contributed by atoms with Gasteiger partial charge in [0.15, 0.2) is 0 Å². The van der Waals surface area contributed by atoms with Crippen LogP contribution < -0.4 is 4.72 Å². The van der Waals surface area contributed by atoms with Crippen molar-refractivity contribution >= 4 is 10.0 Å². The fourth-order valence-corrected chi connectivity index (χ4v) is 2.81. The Hall–Kier alpha value is -0.950. The molecule has 0 aliphatic heterocycles. The van der Waals surface area contributed by atoms with E-state index in [4.69, 9.17) is 9.84 Å². The van der Waals surface area contributed by atoms with Crippen molar-refractivity contribution in [3.05, 3.63) is 35.9 Å². The van der Waals surface area contributed by atoms with E-state index < -0.39 is 16.1 Å². The van der Waals surface area contributed by atoms with Crippen LogP contribution in [-0.4, -0.2) is 45.6 Å². The zero-order chi connectivity index (χ0) is 13.4. The summed E-state index contributed by atoms with van der Waals surface area (Å²) in [5, 5.41) is 9.00. The van der Waals surface area contributed by atoms with E-state index in [1.165, 1.54) is 7.11 Å². The third kappa shape index (κ3) is 5.59. The molecule has 0 spiro atoms. The molecule has 0 aromatic heterocycles. The molecule has 0 amide bonds. The lowest BCUT2D eigenvalue weighted by Crippen LogP contribution is -2.41. The zero-order valence-corrected chi connectivity index (χ0v) is 11.2. The maximum Gasteiger partial charge on any atom is 0.212 e. The second-order valence-corrected chi connectivity index (χ2v) is 5.88. The Balaban J connectivity index is 2.49. The highest BCUT2D eigenvalue weighted by atomic mass is 32.2. The van der Waals surface area contributed by atoms with Crippen LogP contribution in [0.1, 0.15) is 5.56 Å². The Morgan fingerprint density at radius 3 is 2.56 bits per heavy atom. The van der Waals surface area contributed by atoms with Gasteiger partial charge in [0.25, 0.3) is 0 Å². The fraction of sp³-hybridized carbons (Fsp3) is 0.500. The monoisotopic (exact) mass is 273 g/mol. The van der Waals surface area contributed by atoms with Crippen molar-refractivity contribution in [2.24, 2.45) is 0 Å². The van der Waals surface area contributed by atoms with E-state index in [1.54, 1.807) is 0 Å². The van der Waals surface area contributed by atoms with Crippen molar-refractivity contribution in [2.45, 2.75) is 12.5 Å². The standard InChI is InChI=1S/C12H19NO4S/c1-17-10-12(9-14)13-18(15,16)8-7-11-5-3-2-4-6-11/h2-6,12-14H,7-10H2,1H3. The number of hydrogen-bond acceptors (Lipinski definition) is 4. The molecule has 0 saturated heterocycles. The number of aliphatic hydroxyl groups is 1. The van der Waals surface area contributed by atoms with Crippen LogP contribution in [-0.2, 0) is 21.2 Å². The number of aliphatic hydroxyl groups excluding tert-OH is 1. The molecular formula is C12H19NO4S. The number of hydrogen-bond donors (Lipinski definition) is 2. The lowest BCUT2D eigenvalue weighted by atomic mass is 10.2. The number of sulfonamides is 1. The Morgan fingerprint density at radius 2 is 2.00 bits per heavy atom. The molecule has 1 atom stereocenters. The molecule has 0 radical (unpaired) electrons. The van der Waals surface area contributed by atoms with E-state index in [2.05, 4.69) is 4.72 Å². The van der Waals surface area contributed by atoms with Crippen LogP contribution in [0.15, 0.2) is 30.3 Å². The largest absolute Gasteiger partial charge is 0.395 e. The van der Waals surface area contributed by atoms with Gasteiger partial charge in [-0.25, -0.2) is 13.1 Å². The lowest BCUT2D eigenvalue weighted by Gasteiger charge is -2.15. The molecule has 2 N–H and O–H groups in total. The molecule has 0 fully saturated rings. The zero-order valence-electron chi connectivity index (χ0n) is 10.4. The van der Waals surface area contributed by atoms with Crippen LogP contribution in [0.2, 0.25) is 0 Å². The topological polar surface area (TPSA) is 75.6 Å². The molecule has 0 aliphatic carbocycles. The number of ether oxygens (including phenoxy) is 1. The first kappa shape index (κ1) is 15.1. The molecule has 102 valence electrons. The van der Waals surface area contributed by atoms with Gasteiger partial charge in [-0.05, 0) is 12.0 Å². The minimum atomic E-state index is -3.40. The van der Waals surface area contributed by atoms with E-state index >= 15 is 0 Å². The maximum atomic E-state index is 11.8. The molecular weight excluding hydrogens is 254 g/mol. The van der Waals surface area contributed by atoms with Crippen LogP contribution in [0.3, 0.4) is 0 Å². The third-order valence-electron chi connectivity index (χ3n) is 2.44. The van der Waals surface area contributed by atoms with Gasteiger partial charge in [0.1, 0.15) is 0 Å². The molecule has 1 rings (SSSR count). The molecule has 0 aliphatic rings. The van der Waals surface area contributed by atoms with Crippen molar-refractivity contribution < 1.29 is 18.3 Å². The molecule has 1 aromatic rings. The fourth-order valence-electron chi connectivity index (χ4n) is 1.53. The Morgan fingerprint density at radius 1 is 1.33 bits per heavy atom. The number of nitrogens with one attached hydrogen (secondary N) is 1. The molecule has 0 bridgehead atoms. The highest BCUT2D eigenvalue weighted by Gasteiger charge is 2.16. The quantitative estimate of drug-likeness (QED) is 0.707. The van der Waals surface area contributed by atoms with Gasteiger partial charge < -0.3 is 9.84 Å². The average molecular weight is 273 g/mol. The summed E-state index contributed by atoms with van der Waals surface area (Å²) >= 11 is 0. The summed E-state index contributed by atoms with van der Waals surface area (Å²) in [4.78, 5) is 0. The van der Waals surface area contributed by atoms with Crippen LogP contribution in [0.5, 0.6) is 0 Å². The smallest absolute Gasteiger partial charge is 0.212 e. The first-order valence-corrected chi connectivity index (χ1v) is 7.36. The lowest BCUT2D eigenvalue weighted by molar-refractivity contribution is 0.139. The second-order valence-electron chi connectivity index (χ2n) is 4.01.